The van der Waals surface area contributed by atoms with Crippen LogP contribution in [0.2, 0.25) is 0 Å². The molecule has 5 atom stereocenters. The number of carbonyl (C=O) groups is 4. The first-order chi connectivity index (χ1) is 10.6. The molecule has 0 aromatic heterocycles. The number of fused-ring (bicyclic) bond motifs is 1. The van der Waals surface area contributed by atoms with Crippen LogP contribution in [0, 0.1) is 29.6 Å². The molecule has 8 heteroatoms. The number of hydrogen-bond donors (Lipinski definition) is 4. The molecular weight excluding hydrogens is 308 g/mol. The Morgan fingerprint density at radius 3 is 1.87 bits per heavy atom. The van der Waals surface area contributed by atoms with Crippen LogP contribution < -0.4 is 0 Å². The standard InChI is InChI=1S/C15H16O8/c1-5-7-4-9(13(18)19)8(12(16)17)2-6(7)3-10(14(20)21)11(5)15(22)23/h3-5,8-11H,2H2,1H3,(H,16,17)(H,18,19)(H,20,21)(H,22,23). The third kappa shape index (κ3) is 2.84. The fourth-order valence-corrected chi connectivity index (χ4v) is 3.41. The highest BCUT2D eigenvalue weighted by atomic mass is 16.4. The van der Waals surface area contributed by atoms with Crippen molar-refractivity contribution >= 4 is 23.9 Å². The molecule has 0 saturated carbocycles. The van der Waals surface area contributed by atoms with Crippen LogP contribution in [-0.2, 0) is 19.2 Å². The van der Waals surface area contributed by atoms with Crippen molar-refractivity contribution in [2.75, 3.05) is 0 Å². The maximum absolute atomic E-state index is 11.4. The minimum Gasteiger partial charge on any atom is -0.481 e. The molecule has 2 rings (SSSR count). The fraction of sp³-hybridized carbons (Fsp3) is 0.467. The Kier molecular flexibility index (Phi) is 4.26. The zero-order chi connectivity index (χ0) is 17.5. The summed E-state index contributed by atoms with van der Waals surface area (Å²) >= 11 is 0. The van der Waals surface area contributed by atoms with Crippen LogP contribution in [0.3, 0.4) is 0 Å². The number of aliphatic carboxylic acids is 4. The lowest BCUT2D eigenvalue weighted by Gasteiger charge is -2.37. The summed E-state index contributed by atoms with van der Waals surface area (Å²) in [6, 6.07) is 0. The van der Waals surface area contributed by atoms with E-state index < -0.39 is 53.5 Å². The Morgan fingerprint density at radius 2 is 1.43 bits per heavy atom. The second kappa shape index (κ2) is 5.86. The topological polar surface area (TPSA) is 149 Å². The quantitative estimate of drug-likeness (QED) is 0.590. The van der Waals surface area contributed by atoms with Crippen molar-refractivity contribution in [2.24, 2.45) is 29.6 Å². The van der Waals surface area contributed by atoms with Crippen LogP contribution in [-0.4, -0.2) is 44.3 Å². The second-order valence-electron chi connectivity index (χ2n) is 5.84. The second-order valence-corrected chi connectivity index (χ2v) is 5.84. The first-order valence-electron chi connectivity index (χ1n) is 6.99. The summed E-state index contributed by atoms with van der Waals surface area (Å²) in [4.78, 5) is 45.3. The van der Waals surface area contributed by atoms with Gasteiger partial charge >= 0.3 is 23.9 Å². The van der Waals surface area contributed by atoms with Gasteiger partial charge in [-0.15, -0.1) is 0 Å². The summed E-state index contributed by atoms with van der Waals surface area (Å²) in [6.45, 7) is 1.52. The van der Waals surface area contributed by atoms with Gasteiger partial charge in [0.1, 0.15) is 0 Å². The van der Waals surface area contributed by atoms with E-state index in [1.54, 1.807) is 0 Å². The van der Waals surface area contributed by atoms with Crippen molar-refractivity contribution in [2.45, 2.75) is 13.3 Å². The SMILES string of the molecule is CC1C2=CC(C(=O)O)C(C(=O)O)CC2=CC(C(=O)O)C1C(=O)O. The molecule has 0 aromatic carbocycles. The zero-order valence-electron chi connectivity index (χ0n) is 12.2. The summed E-state index contributed by atoms with van der Waals surface area (Å²) in [6.07, 6.45) is 2.38. The number of carboxylic acids is 4. The smallest absolute Gasteiger partial charge is 0.311 e. The summed E-state index contributed by atoms with van der Waals surface area (Å²) in [7, 11) is 0. The predicted molar refractivity (Wildman–Crippen MR) is 74.5 cm³/mol. The Morgan fingerprint density at radius 1 is 0.870 bits per heavy atom. The van der Waals surface area contributed by atoms with Crippen LogP contribution in [0.1, 0.15) is 13.3 Å². The van der Waals surface area contributed by atoms with E-state index in [1.807, 2.05) is 0 Å². The van der Waals surface area contributed by atoms with Crippen LogP contribution in [0.25, 0.3) is 0 Å². The van der Waals surface area contributed by atoms with Crippen molar-refractivity contribution in [1.82, 2.24) is 0 Å². The fourth-order valence-electron chi connectivity index (χ4n) is 3.41. The molecule has 5 unspecified atom stereocenters. The summed E-state index contributed by atoms with van der Waals surface area (Å²) < 4.78 is 0. The molecule has 0 amide bonds. The molecule has 0 aliphatic heterocycles. The van der Waals surface area contributed by atoms with Crippen molar-refractivity contribution < 1.29 is 39.6 Å². The molecular formula is C15H16O8. The highest BCUT2D eigenvalue weighted by Gasteiger charge is 2.46. The normalized spacial score (nSPS) is 33.0. The maximum Gasteiger partial charge on any atom is 0.311 e. The van der Waals surface area contributed by atoms with Gasteiger partial charge in [0.15, 0.2) is 0 Å². The molecule has 8 nitrogen and oxygen atoms in total. The van der Waals surface area contributed by atoms with Crippen LogP contribution in [0.4, 0.5) is 0 Å². The van der Waals surface area contributed by atoms with Crippen LogP contribution in [0.5, 0.6) is 0 Å². The van der Waals surface area contributed by atoms with Crippen molar-refractivity contribution in [3.8, 4) is 0 Å². The lowest BCUT2D eigenvalue weighted by molar-refractivity contribution is -0.154. The monoisotopic (exact) mass is 324 g/mol. The maximum atomic E-state index is 11.4. The van der Waals surface area contributed by atoms with E-state index in [0.29, 0.717) is 11.1 Å². The summed E-state index contributed by atoms with van der Waals surface area (Å²) in [5.74, 6) is -10.9. The Balaban J connectivity index is 2.56. The molecule has 0 heterocycles. The van der Waals surface area contributed by atoms with Gasteiger partial charge in [-0.25, -0.2) is 0 Å². The van der Waals surface area contributed by atoms with E-state index in [4.69, 9.17) is 0 Å². The van der Waals surface area contributed by atoms with Gasteiger partial charge in [0.25, 0.3) is 0 Å². The largest absolute Gasteiger partial charge is 0.481 e. The van der Waals surface area contributed by atoms with Gasteiger partial charge in [-0.05, 0) is 23.5 Å². The first kappa shape index (κ1) is 16.7. The van der Waals surface area contributed by atoms with Gasteiger partial charge in [-0.2, -0.15) is 0 Å². The molecule has 4 N–H and O–H groups in total. The van der Waals surface area contributed by atoms with E-state index in [2.05, 4.69) is 0 Å². The summed E-state index contributed by atoms with van der Waals surface area (Å²) in [5, 5.41) is 37.0. The molecule has 0 bridgehead atoms. The Labute approximate surface area is 130 Å². The first-order valence-corrected chi connectivity index (χ1v) is 6.99. The zero-order valence-corrected chi connectivity index (χ0v) is 12.2. The third-order valence-corrected chi connectivity index (χ3v) is 4.57. The molecule has 23 heavy (non-hydrogen) atoms. The minimum absolute atomic E-state index is 0.126. The molecule has 0 radical (unpaired) electrons. The molecule has 0 spiro atoms. The highest BCUT2D eigenvalue weighted by Crippen LogP contribution is 2.45. The Bertz CT molecular complexity index is 644. The van der Waals surface area contributed by atoms with Gasteiger partial charge in [0, 0.05) is 0 Å². The van der Waals surface area contributed by atoms with Gasteiger partial charge in [0.05, 0.1) is 23.7 Å². The van der Waals surface area contributed by atoms with E-state index in [-0.39, 0.29) is 6.42 Å². The summed E-state index contributed by atoms with van der Waals surface area (Å²) in [5.41, 5.74) is 0.826. The van der Waals surface area contributed by atoms with Crippen LogP contribution >= 0.6 is 0 Å². The van der Waals surface area contributed by atoms with Crippen LogP contribution in [0.15, 0.2) is 23.3 Å². The molecule has 0 saturated heterocycles. The van der Waals surface area contributed by atoms with E-state index in [9.17, 15) is 39.6 Å². The molecule has 124 valence electrons. The van der Waals surface area contributed by atoms with Gasteiger partial charge in [0.2, 0.25) is 0 Å². The van der Waals surface area contributed by atoms with E-state index in [0.717, 1.165) is 0 Å². The lowest BCUT2D eigenvalue weighted by atomic mass is 9.65. The average Bonchev–Trinajstić information content (AvgIpc) is 2.44. The molecule has 0 aromatic rings. The molecule has 2 aliphatic rings. The van der Waals surface area contributed by atoms with Gasteiger partial charge in [-0.3, -0.25) is 19.2 Å². The Hall–Kier alpha value is -2.64. The van der Waals surface area contributed by atoms with Crippen molar-refractivity contribution in [3.63, 3.8) is 0 Å². The lowest BCUT2D eigenvalue weighted by Crippen LogP contribution is -2.41. The average molecular weight is 324 g/mol. The van der Waals surface area contributed by atoms with Gasteiger partial charge < -0.3 is 20.4 Å². The number of carboxylic acid groups (broad SMARTS) is 4. The number of allylic oxidation sites excluding steroid dienone is 2. The number of rotatable bonds is 4. The molecule has 0 fully saturated rings. The minimum atomic E-state index is -1.30. The third-order valence-electron chi connectivity index (χ3n) is 4.57. The van der Waals surface area contributed by atoms with Crippen molar-refractivity contribution in [1.29, 1.82) is 0 Å². The van der Waals surface area contributed by atoms with E-state index >= 15 is 0 Å². The van der Waals surface area contributed by atoms with E-state index in [1.165, 1.54) is 19.1 Å². The van der Waals surface area contributed by atoms with Gasteiger partial charge in [-0.1, -0.05) is 19.1 Å². The molecule has 2 aliphatic carbocycles. The highest BCUT2D eigenvalue weighted by molar-refractivity contribution is 5.86. The number of hydrogen-bond acceptors (Lipinski definition) is 4. The van der Waals surface area contributed by atoms with Crippen molar-refractivity contribution in [3.05, 3.63) is 23.3 Å². The predicted octanol–water partition coefficient (Wildman–Crippen LogP) is 0.696.